The molecule has 0 fully saturated rings. The van der Waals surface area contributed by atoms with E-state index in [0.717, 1.165) is 0 Å². The SMILES string of the molecule is CC(C)c1cccc2c1c1cc(-c3ccc(-c4c5ccccc5c(-c5ccccc5)c5ccccc45)cc3)c3ccccc3c1n2-c1ccccc1. The highest BCUT2D eigenvalue weighted by Gasteiger charge is 2.21. The van der Waals surface area contributed by atoms with E-state index in [4.69, 9.17) is 0 Å². The molecule has 1 aromatic heterocycles. The van der Waals surface area contributed by atoms with Crippen molar-refractivity contribution < 1.29 is 0 Å². The predicted molar refractivity (Wildman–Crippen MR) is 224 cm³/mol. The molecule has 1 nitrogen and oxygen atoms in total. The van der Waals surface area contributed by atoms with Gasteiger partial charge in [0.05, 0.1) is 11.0 Å². The Kier molecular flexibility index (Phi) is 7.08. The van der Waals surface area contributed by atoms with Crippen LogP contribution in [0.25, 0.3) is 93.2 Å². The molecule has 0 radical (unpaired) electrons. The molecular formula is C51H37N. The number of para-hydroxylation sites is 1. The molecule has 1 heterocycles. The summed E-state index contributed by atoms with van der Waals surface area (Å²) < 4.78 is 2.47. The standard InChI is InChI=1S/C51H37N/c1-33(2)38-26-15-27-47-50(38)46-32-45(39-20-9-14-25-44(39)51(46)52(47)37-18-7-4-8-19-37)34-28-30-36(31-29-34)49-42-23-12-10-21-40(42)48(35-16-5-3-6-17-35)41-22-11-13-24-43(41)49/h3-33H,1-2H3. The van der Waals surface area contributed by atoms with Gasteiger partial charge in [-0.25, -0.2) is 0 Å². The lowest BCUT2D eigenvalue weighted by molar-refractivity contribution is 0.877. The van der Waals surface area contributed by atoms with Gasteiger partial charge in [0.15, 0.2) is 0 Å². The van der Waals surface area contributed by atoms with Gasteiger partial charge in [-0.2, -0.15) is 0 Å². The Bertz CT molecular complexity index is 2890. The van der Waals surface area contributed by atoms with Crippen LogP contribution >= 0.6 is 0 Å². The molecule has 0 aliphatic rings. The summed E-state index contributed by atoms with van der Waals surface area (Å²) in [7, 11) is 0. The molecule has 0 spiro atoms. The van der Waals surface area contributed by atoms with Crippen molar-refractivity contribution >= 4 is 54.1 Å². The lowest BCUT2D eigenvalue weighted by atomic mass is 9.85. The van der Waals surface area contributed by atoms with Crippen molar-refractivity contribution in [1.82, 2.24) is 4.57 Å². The fraction of sp³-hybridized carbons (Fsp3) is 0.0588. The first-order valence-corrected chi connectivity index (χ1v) is 18.3. The number of nitrogens with zero attached hydrogens (tertiary/aromatic N) is 1. The van der Waals surface area contributed by atoms with E-state index < -0.39 is 0 Å². The molecule has 52 heavy (non-hydrogen) atoms. The molecule has 0 bridgehead atoms. The minimum absolute atomic E-state index is 0.394. The zero-order valence-electron chi connectivity index (χ0n) is 29.3. The normalized spacial score (nSPS) is 11.8. The molecule has 0 saturated heterocycles. The average Bonchev–Trinajstić information content (AvgIpc) is 3.55. The van der Waals surface area contributed by atoms with E-state index >= 15 is 0 Å². The fourth-order valence-electron chi connectivity index (χ4n) is 8.69. The van der Waals surface area contributed by atoms with E-state index in [-0.39, 0.29) is 0 Å². The van der Waals surface area contributed by atoms with Crippen LogP contribution in [0.1, 0.15) is 25.3 Å². The largest absolute Gasteiger partial charge is 0.309 e. The summed E-state index contributed by atoms with van der Waals surface area (Å²) in [5.41, 5.74) is 12.6. The Balaban J connectivity index is 1.22. The zero-order valence-corrected chi connectivity index (χ0v) is 29.3. The van der Waals surface area contributed by atoms with Crippen LogP contribution < -0.4 is 0 Å². The molecule has 9 aromatic carbocycles. The molecule has 0 atom stereocenters. The molecule has 0 aliphatic heterocycles. The van der Waals surface area contributed by atoms with Crippen molar-refractivity contribution in [2.45, 2.75) is 19.8 Å². The van der Waals surface area contributed by atoms with Gasteiger partial charge in [-0.05, 0) is 96.1 Å². The van der Waals surface area contributed by atoms with Crippen LogP contribution in [0.2, 0.25) is 0 Å². The van der Waals surface area contributed by atoms with Crippen LogP contribution in [-0.2, 0) is 0 Å². The molecule has 10 rings (SSSR count). The first kappa shape index (κ1) is 30.4. The van der Waals surface area contributed by atoms with Gasteiger partial charge in [0.1, 0.15) is 0 Å². The number of fused-ring (bicyclic) bond motifs is 7. The van der Waals surface area contributed by atoms with Gasteiger partial charge >= 0.3 is 0 Å². The van der Waals surface area contributed by atoms with Crippen molar-refractivity contribution in [3.05, 3.63) is 188 Å². The summed E-state index contributed by atoms with van der Waals surface area (Å²) in [6.45, 7) is 4.61. The van der Waals surface area contributed by atoms with Gasteiger partial charge in [-0.15, -0.1) is 0 Å². The zero-order chi connectivity index (χ0) is 34.8. The highest BCUT2D eigenvalue weighted by molar-refractivity contribution is 6.24. The van der Waals surface area contributed by atoms with Crippen molar-refractivity contribution in [3.8, 4) is 39.1 Å². The first-order chi connectivity index (χ1) is 25.7. The van der Waals surface area contributed by atoms with Crippen molar-refractivity contribution in [2.75, 3.05) is 0 Å². The van der Waals surface area contributed by atoms with Gasteiger partial charge in [-0.1, -0.05) is 172 Å². The summed E-state index contributed by atoms with van der Waals surface area (Å²) in [5, 5.41) is 10.3. The Morgan fingerprint density at radius 2 is 0.865 bits per heavy atom. The van der Waals surface area contributed by atoms with E-state index in [9.17, 15) is 0 Å². The molecule has 0 aliphatic carbocycles. The Morgan fingerprint density at radius 3 is 1.44 bits per heavy atom. The van der Waals surface area contributed by atoms with Crippen LogP contribution in [0.3, 0.4) is 0 Å². The summed E-state index contributed by atoms with van der Waals surface area (Å²) in [4.78, 5) is 0. The topological polar surface area (TPSA) is 4.93 Å². The molecule has 0 saturated carbocycles. The summed E-state index contributed by atoms with van der Waals surface area (Å²) in [6.07, 6.45) is 0. The number of hydrogen-bond acceptors (Lipinski definition) is 0. The Labute approximate surface area is 304 Å². The van der Waals surface area contributed by atoms with Crippen LogP contribution in [0.15, 0.2) is 182 Å². The smallest absolute Gasteiger partial charge is 0.0620 e. The maximum absolute atomic E-state index is 2.47. The maximum Gasteiger partial charge on any atom is 0.0620 e. The summed E-state index contributed by atoms with van der Waals surface area (Å²) >= 11 is 0. The van der Waals surface area contributed by atoms with Gasteiger partial charge in [0, 0.05) is 21.8 Å². The quantitative estimate of drug-likeness (QED) is 0.162. The van der Waals surface area contributed by atoms with E-state index in [1.165, 1.54) is 98.8 Å². The van der Waals surface area contributed by atoms with Gasteiger partial charge in [0.2, 0.25) is 0 Å². The second-order valence-electron chi connectivity index (χ2n) is 14.2. The Hall–Kier alpha value is -6.44. The second kappa shape index (κ2) is 12.1. The van der Waals surface area contributed by atoms with E-state index in [1.54, 1.807) is 0 Å². The molecule has 0 N–H and O–H groups in total. The van der Waals surface area contributed by atoms with Gasteiger partial charge < -0.3 is 4.57 Å². The number of benzene rings is 9. The lowest BCUT2D eigenvalue weighted by Crippen LogP contribution is -1.95. The summed E-state index contributed by atoms with van der Waals surface area (Å²) in [5.74, 6) is 0.394. The molecule has 246 valence electrons. The predicted octanol–water partition coefficient (Wildman–Crippen LogP) is 14.4. The molecule has 0 amide bonds. The maximum atomic E-state index is 2.47. The molecular weight excluding hydrogens is 627 g/mol. The average molecular weight is 664 g/mol. The third kappa shape index (κ3) is 4.63. The van der Waals surface area contributed by atoms with Gasteiger partial charge in [0.25, 0.3) is 0 Å². The highest BCUT2D eigenvalue weighted by Crippen LogP contribution is 2.46. The van der Waals surface area contributed by atoms with Crippen LogP contribution in [0, 0.1) is 0 Å². The number of rotatable bonds is 5. The monoisotopic (exact) mass is 663 g/mol. The van der Waals surface area contributed by atoms with Crippen LogP contribution in [0.4, 0.5) is 0 Å². The minimum Gasteiger partial charge on any atom is -0.309 e. The van der Waals surface area contributed by atoms with Crippen molar-refractivity contribution in [2.24, 2.45) is 0 Å². The third-order valence-electron chi connectivity index (χ3n) is 10.9. The Morgan fingerprint density at radius 1 is 0.385 bits per heavy atom. The van der Waals surface area contributed by atoms with E-state index in [2.05, 4.69) is 200 Å². The number of hydrogen-bond donors (Lipinski definition) is 0. The molecule has 10 aromatic rings. The third-order valence-corrected chi connectivity index (χ3v) is 10.9. The highest BCUT2D eigenvalue weighted by atomic mass is 15.0. The first-order valence-electron chi connectivity index (χ1n) is 18.3. The second-order valence-corrected chi connectivity index (χ2v) is 14.2. The fourth-order valence-corrected chi connectivity index (χ4v) is 8.69. The van der Waals surface area contributed by atoms with E-state index in [0.29, 0.717) is 5.92 Å². The van der Waals surface area contributed by atoms with Crippen molar-refractivity contribution in [3.63, 3.8) is 0 Å². The number of aromatic nitrogens is 1. The van der Waals surface area contributed by atoms with Crippen molar-refractivity contribution in [1.29, 1.82) is 0 Å². The summed E-state index contributed by atoms with van der Waals surface area (Å²) in [6, 6.07) is 67.0. The van der Waals surface area contributed by atoms with Gasteiger partial charge in [-0.3, -0.25) is 0 Å². The molecule has 0 unspecified atom stereocenters. The van der Waals surface area contributed by atoms with Crippen LogP contribution in [0.5, 0.6) is 0 Å². The lowest BCUT2D eigenvalue weighted by Gasteiger charge is -2.18. The minimum atomic E-state index is 0.394. The van der Waals surface area contributed by atoms with E-state index in [1.807, 2.05) is 0 Å². The van der Waals surface area contributed by atoms with Crippen LogP contribution in [-0.4, -0.2) is 4.57 Å². The molecule has 1 heteroatoms.